The van der Waals surface area contributed by atoms with Gasteiger partial charge < -0.3 is 5.32 Å². The quantitative estimate of drug-likeness (QED) is 0.805. The van der Waals surface area contributed by atoms with E-state index in [4.69, 9.17) is 0 Å². The maximum Gasteiger partial charge on any atom is 0.425 e. The van der Waals surface area contributed by atoms with E-state index in [1.807, 2.05) is 7.05 Å². The second kappa shape index (κ2) is 3.74. The van der Waals surface area contributed by atoms with E-state index in [9.17, 15) is 13.2 Å². The molecule has 0 amide bonds. The number of fused-ring (bicyclic) bond motifs is 1. The van der Waals surface area contributed by atoms with Gasteiger partial charge in [0, 0.05) is 10.4 Å². The third-order valence-electron chi connectivity index (χ3n) is 3.28. The fraction of sp³-hybridized carbons (Fsp3) is 0.636. The van der Waals surface area contributed by atoms with Gasteiger partial charge in [-0.3, -0.25) is 0 Å². The van der Waals surface area contributed by atoms with E-state index in [1.54, 1.807) is 0 Å². The maximum atomic E-state index is 12.5. The smallest absolute Gasteiger partial charge is 0.314 e. The molecule has 1 aliphatic carbocycles. The van der Waals surface area contributed by atoms with Gasteiger partial charge >= 0.3 is 6.18 Å². The molecule has 1 nitrogen and oxygen atoms in total. The molecule has 1 N–H and O–H groups in total. The highest BCUT2D eigenvalue weighted by molar-refractivity contribution is 7.12. The topological polar surface area (TPSA) is 12.0 Å². The summed E-state index contributed by atoms with van der Waals surface area (Å²) in [5.41, 5.74) is 0.825. The van der Waals surface area contributed by atoms with Crippen molar-refractivity contribution in [2.24, 2.45) is 0 Å². The van der Waals surface area contributed by atoms with Crippen LogP contribution in [-0.4, -0.2) is 12.6 Å². The number of nitrogens with one attached hydrogen (secondary N) is 1. The van der Waals surface area contributed by atoms with Crippen molar-refractivity contribution >= 4 is 11.3 Å². The van der Waals surface area contributed by atoms with Gasteiger partial charge in [-0.05, 0) is 44.9 Å². The molecule has 0 saturated carbocycles. The number of thiophene rings is 1. The highest BCUT2D eigenvalue weighted by atomic mass is 32.1. The molecule has 0 spiro atoms. The molecule has 1 aromatic heterocycles. The van der Waals surface area contributed by atoms with Crippen molar-refractivity contribution in [1.82, 2.24) is 5.32 Å². The lowest BCUT2D eigenvalue weighted by Gasteiger charge is -2.33. The van der Waals surface area contributed by atoms with Crippen LogP contribution in [0.3, 0.4) is 0 Å². The van der Waals surface area contributed by atoms with Crippen LogP contribution in [0.4, 0.5) is 13.2 Å². The summed E-state index contributed by atoms with van der Waals surface area (Å²) < 4.78 is 37.6. The highest BCUT2D eigenvalue weighted by Crippen LogP contribution is 2.41. The molecule has 1 atom stereocenters. The minimum atomic E-state index is -4.20. The molecule has 1 aliphatic rings. The van der Waals surface area contributed by atoms with Crippen LogP contribution in [0.15, 0.2) is 6.07 Å². The molecule has 0 aromatic carbocycles. The van der Waals surface area contributed by atoms with Crippen LogP contribution in [-0.2, 0) is 19.0 Å². The van der Waals surface area contributed by atoms with Crippen LogP contribution in [0, 0.1) is 0 Å². The number of halogens is 3. The maximum absolute atomic E-state index is 12.5. The van der Waals surface area contributed by atoms with Crippen LogP contribution in [0.5, 0.6) is 0 Å². The van der Waals surface area contributed by atoms with Crippen LogP contribution in [0.25, 0.3) is 0 Å². The van der Waals surface area contributed by atoms with E-state index in [0.29, 0.717) is 6.42 Å². The first-order valence-corrected chi connectivity index (χ1v) is 6.03. The SMILES string of the molecule is CNC1(C)CCc2cc(C(F)(F)F)sc2C1. The summed E-state index contributed by atoms with van der Waals surface area (Å²) in [7, 11) is 1.86. The Kier molecular flexibility index (Phi) is 2.78. The Bertz CT molecular complexity index is 396. The van der Waals surface area contributed by atoms with E-state index in [0.717, 1.165) is 34.6 Å². The molecule has 0 fully saturated rings. The molecule has 90 valence electrons. The lowest BCUT2D eigenvalue weighted by Crippen LogP contribution is -2.44. The monoisotopic (exact) mass is 249 g/mol. The van der Waals surface area contributed by atoms with Crippen molar-refractivity contribution in [3.05, 3.63) is 21.4 Å². The zero-order valence-corrected chi connectivity index (χ0v) is 10.1. The molecule has 0 radical (unpaired) electrons. The van der Waals surface area contributed by atoms with E-state index in [-0.39, 0.29) is 5.54 Å². The van der Waals surface area contributed by atoms with Crippen LogP contribution in [0.1, 0.15) is 28.7 Å². The number of alkyl halides is 3. The largest absolute Gasteiger partial charge is 0.425 e. The first-order valence-electron chi connectivity index (χ1n) is 5.22. The Labute approximate surface area is 96.7 Å². The van der Waals surface area contributed by atoms with Crippen molar-refractivity contribution in [2.75, 3.05) is 7.05 Å². The fourth-order valence-electron chi connectivity index (χ4n) is 2.03. The summed E-state index contributed by atoms with van der Waals surface area (Å²) in [5.74, 6) is 0. The predicted octanol–water partition coefficient (Wildman–Crippen LogP) is 3.23. The van der Waals surface area contributed by atoms with Crippen molar-refractivity contribution in [2.45, 2.75) is 37.9 Å². The molecule has 0 aliphatic heterocycles. The lowest BCUT2D eigenvalue weighted by molar-refractivity contribution is -0.134. The van der Waals surface area contributed by atoms with E-state index < -0.39 is 11.1 Å². The summed E-state index contributed by atoms with van der Waals surface area (Å²) in [4.78, 5) is 0.424. The second-order valence-corrected chi connectivity index (χ2v) is 5.68. The Morgan fingerprint density at radius 1 is 1.44 bits per heavy atom. The minimum absolute atomic E-state index is 0.0548. The Hall–Kier alpha value is -0.550. The van der Waals surface area contributed by atoms with Gasteiger partial charge in [-0.2, -0.15) is 13.2 Å². The molecular weight excluding hydrogens is 235 g/mol. The van der Waals surface area contributed by atoms with Gasteiger partial charge in [0.1, 0.15) is 4.88 Å². The summed E-state index contributed by atoms with van der Waals surface area (Å²) in [6.45, 7) is 2.06. The van der Waals surface area contributed by atoms with Crippen LogP contribution >= 0.6 is 11.3 Å². The fourth-order valence-corrected chi connectivity index (χ4v) is 3.30. The molecule has 1 aromatic rings. The second-order valence-electron chi connectivity index (χ2n) is 4.54. The van der Waals surface area contributed by atoms with Gasteiger partial charge in [-0.1, -0.05) is 0 Å². The molecule has 1 heterocycles. The Morgan fingerprint density at radius 3 is 2.69 bits per heavy atom. The first kappa shape index (κ1) is 11.9. The van der Waals surface area contributed by atoms with E-state index in [2.05, 4.69) is 12.2 Å². The van der Waals surface area contributed by atoms with E-state index in [1.165, 1.54) is 6.07 Å². The van der Waals surface area contributed by atoms with Crippen molar-refractivity contribution in [1.29, 1.82) is 0 Å². The molecule has 2 rings (SSSR count). The first-order chi connectivity index (χ1) is 7.34. The number of aryl methyl sites for hydroxylation is 1. The van der Waals surface area contributed by atoms with Gasteiger partial charge in [-0.15, -0.1) is 11.3 Å². The minimum Gasteiger partial charge on any atom is -0.314 e. The Balaban J connectivity index is 2.30. The average Bonchev–Trinajstić information content (AvgIpc) is 2.60. The highest BCUT2D eigenvalue weighted by Gasteiger charge is 2.37. The molecular formula is C11H14F3NS. The molecule has 5 heteroatoms. The number of hydrogen-bond acceptors (Lipinski definition) is 2. The third kappa shape index (κ3) is 2.11. The van der Waals surface area contributed by atoms with Gasteiger partial charge in [0.25, 0.3) is 0 Å². The number of rotatable bonds is 1. The lowest BCUT2D eigenvalue weighted by atomic mass is 9.83. The van der Waals surface area contributed by atoms with Gasteiger partial charge in [0.05, 0.1) is 0 Å². The van der Waals surface area contributed by atoms with Gasteiger partial charge in [-0.25, -0.2) is 0 Å². The van der Waals surface area contributed by atoms with Gasteiger partial charge in [0.15, 0.2) is 0 Å². The third-order valence-corrected chi connectivity index (χ3v) is 4.50. The summed E-state index contributed by atoms with van der Waals surface area (Å²) >= 11 is 0.895. The number of likely N-dealkylation sites (N-methyl/N-ethyl adjacent to an activating group) is 1. The van der Waals surface area contributed by atoms with E-state index >= 15 is 0 Å². The zero-order valence-electron chi connectivity index (χ0n) is 9.24. The predicted molar refractivity (Wildman–Crippen MR) is 58.8 cm³/mol. The summed E-state index contributed by atoms with van der Waals surface area (Å²) in [5, 5.41) is 3.19. The summed E-state index contributed by atoms with van der Waals surface area (Å²) in [6.07, 6.45) is -1.87. The standard InChI is InChI=1S/C11H14F3NS/c1-10(15-2)4-3-7-5-9(11(12,13)14)16-8(7)6-10/h5,15H,3-4,6H2,1-2H3. The summed E-state index contributed by atoms with van der Waals surface area (Å²) in [6, 6.07) is 1.31. The molecule has 1 unspecified atom stereocenters. The van der Waals surface area contributed by atoms with Crippen LogP contribution < -0.4 is 5.32 Å². The zero-order chi connectivity index (χ0) is 12.0. The molecule has 16 heavy (non-hydrogen) atoms. The Morgan fingerprint density at radius 2 is 2.12 bits per heavy atom. The average molecular weight is 249 g/mol. The molecule has 0 saturated heterocycles. The van der Waals surface area contributed by atoms with Gasteiger partial charge in [0.2, 0.25) is 0 Å². The number of hydrogen-bond donors (Lipinski definition) is 1. The normalized spacial score (nSPS) is 25.6. The molecule has 0 bridgehead atoms. The van der Waals surface area contributed by atoms with Crippen molar-refractivity contribution in [3.8, 4) is 0 Å². The van der Waals surface area contributed by atoms with Crippen molar-refractivity contribution < 1.29 is 13.2 Å². The van der Waals surface area contributed by atoms with Crippen molar-refractivity contribution in [3.63, 3.8) is 0 Å². The van der Waals surface area contributed by atoms with Crippen LogP contribution in [0.2, 0.25) is 0 Å².